The molecule has 0 atom stereocenters. The van der Waals surface area contributed by atoms with Crippen LogP contribution in [0.3, 0.4) is 0 Å². The van der Waals surface area contributed by atoms with Crippen molar-refractivity contribution in [2.24, 2.45) is 0 Å². The molecular weight excluding hydrogens is 339 g/mol. The molecule has 0 aliphatic carbocycles. The van der Waals surface area contributed by atoms with Gasteiger partial charge in [-0.1, -0.05) is 60.2 Å². The first kappa shape index (κ1) is 15.8. The number of nitrogens with zero attached hydrogens (tertiary/aromatic N) is 2. The molecule has 2 aliphatic rings. The lowest BCUT2D eigenvalue weighted by Gasteiger charge is -2.43. The van der Waals surface area contributed by atoms with Gasteiger partial charge in [0, 0.05) is 42.2 Å². The molecule has 0 N–H and O–H groups in total. The van der Waals surface area contributed by atoms with Crippen molar-refractivity contribution < 1.29 is 0 Å². The molecule has 2 heterocycles. The fraction of sp³-hybridized carbons (Fsp3) is 0.120. The summed E-state index contributed by atoms with van der Waals surface area (Å²) in [4.78, 5) is 4.77. The van der Waals surface area contributed by atoms with Crippen molar-refractivity contribution in [2.45, 2.75) is 6.92 Å². The molecule has 0 fully saturated rings. The molecular formula is C25H21BN2. The predicted octanol–water partition coefficient (Wildman–Crippen LogP) is 3.83. The number of hydrogen-bond donors (Lipinski definition) is 0. The Kier molecular flexibility index (Phi) is 3.06. The number of aryl methyl sites for hydroxylation is 1. The SMILES string of the molecule is Cc1cccc2c1B1c3ccccc3N(C)c3cc4ccccc4c(c31)N2C. The Balaban J connectivity index is 1.83. The van der Waals surface area contributed by atoms with Crippen LogP contribution in [-0.2, 0) is 0 Å². The molecule has 0 bridgehead atoms. The van der Waals surface area contributed by atoms with E-state index >= 15 is 0 Å². The molecule has 4 aromatic rings. The maximum absolute atomic E-state index is 2.40. The zero-order chi connectivity index (χ0) is 19.0. The second-order valence-electron chi connectivity index (χ2n) is 8.00. The fourth-order valence-corrected chi connectivity index (χ4v) is 5.33. The molecule has 2 aliphatic heterocycles. The second kappa shape index (κ2) is 5.42. The van der Waals surface area contributed by atoms with Gasteiger partial charge in [-0.15, -0.1) is 0 Å². The van der Waals surface area contributed by atoms with E-state index in [0.717, 1.165) is 0 Å². The van der Waals surface area contributed by atoms with Crippen molar-refractivity contribution in [1.29, 1.82) is 0 Å². The van der Waals surface area contributed by atoms with Gasteiger partial charge >= 0.3 is 0 Å². The van der Waals surface area contributed by atoms with E-state index < -0.39 is 0 Å². The molecule has 28 heavy (non-hydrogen) atoms. The van der Waals surface area contributed by atoms with Crippen molar-refractivity contribution in [3.63, 3.8) is 0 Å². The van der Waals surface area contributed by atoms with Crippen molar-refractivity contribution in [2.75, 3.05) is 23.9 Å². The van der Waals surface area contributed by atoms with Crippen LogP contribution in [0.4, 0.5) is 22.7 Å². The van der Waals surface area contributed by atoms with E-state index in [2.05, 4.69) is 104 Å². The summed E-state index contributed by atoms with van der Waals surface area (Å²) >= 11 is 0. The van der Waals surface area contributed by atoms with Crippen LogP contribution in [0.5, 0.6) is 0 Å². The number of para-hydroxylation sites is 1. The highest BCUT2D eigenvalue weighted by Gasteiger charge is 2.42. The summed E-state index contributed by atoms with van der Waals surface area (Å²) in [7, 11) is 4.42. The van der Waals surface area contributed by atoms with Gasteiger partial charge in [0.2, 0.25) is 0 Å². The molecule has 0 saturated carbocycles. The normalized spacial score (nSPS) is 14.0. The Bertz CT molecular complexity index is 1280. The van der Waals surface area contributed by atoms with Crippen molar-refractivity contribution in [3.8, 4) is 0 Å². The summed E-state index contributed by atoms with van der Waals surface area (Å²) in [5.41, 5.74) is 10.9. The second-order valence-corrected chi connectivity index (χ2v) is 8.00. The maximum Gasteiger partial charge on any atom is 0.252 e. The number of hydrogen-bond acceptors (Lipinski definition) is 2. The van der Waals surface area contributed by atoms with E-state index in [1.165, 1.54) is 55.5 Å². The molecule has 4 aromatic carbocycles. The Morgan fingerprint density at radius 2 is 1.43 bits per heavy atom. The summed E-state index contributed by atoms with van der Waals surface area (Å²) < 4.78 is 0. The monoisotopic (exact) mass is 360 g/mol. The molecule has 134 valence electrons. The van der Waals surface area contributed by atoms with Gasteiger partial charge in [-0.25, -0.2) is 0 Å². The molecule has 0 radical (unpaired) electrons. The Morgan fingerprint density at radius 3 is 2.32 bits per heavy atom. The summed E-state index contributed by atoms with van der Waals surface area (Å²) in [6, 6.07) is 26.7. The zero-order valence-electron chi connectivity index (χ0n) is 16.4. The van der Waals surface area contributed by atoms with Gasteiger partial charge in [0.1, 0.15) is 0 Å². The zero-order valence-corrected chi connectivity index (χ0v) is 16.4. The van der Waals surface area contributed by atoms with Crippen LogP contribution < -0.4 is 26.2 Å². The first-order valence-electron chi connectivity index (χ1n) is 9.88. The first-order chi connectivity index (χ1) is 13.7. The van der Waals surface area contributed by atoms with Gasteiger partial charge in [-0.05, 0) is 46.9 Å². The topological polar surface area (TPSA) is 6.48 Å². The predicted molar refractivity (Wildman–Crippen MR) is 122 cm³/mol. The van der Waals surface area contributed by atoms with Gasteiger partial charge in [0.25, 0.3) is 6.71 Å². The molecule has 0 amide bonds. The van der Waals surface area contributed by atoms with Crippen LogP contribution in [0, 0.1) is 6.92 Å². The van der Waals surface area contributed by atoms with E-state index in [9.17, 15) is 0 Å². The largest absolute Gasteiger partial charge is 0.345 e. The third-order valence-corrected chi connectivity index (χ3v) is 6.58. The molecule has 3 heteroatoms. The van der Waals surface area contributed by atoms with Crippen molar-refractivity contribution in [1.82, 2.24) is 0 Å². The molecule has 0 unspecified atom stereocenters. The first-order valence-corrected chi connectivity index (χ1v) is 9.88. The molecule has 0 spiro atoms. The highest BCUT2D eigenvalue weighted by molar-refractivity contribution is 7.00. The third-order valence-electron chi connectivity index (χ3n) is 6.58. The number of anilines is 4. The number of benzene rings is 4. The number of fused-ring (bicyclic) bond motifs is 6. The summed E-state index contributed by atoms with van der Waals surface area (Å²) in [6.45, 7) is 2.52. The van der Waals surface area contributed by atoms with Crippen LogP contribution in [0.2, 0.25) is 0 Å². The van der Waals surface area contributed by atoms with E-state index in [-0.39, 0.29) is 6.71 Å². The minimum atomic E-state index is 0.273. The lowest BCUT2D eigenvalue weighted by molar-refractivity contribution is 1.19. The van der Waals surface area contributed by atoms with Crippen LogP contribution in [0.1, 0.15) is 5.56 Å². The summed E-state index contributed by atoms with van der Waals surface area (Å²) in [6.07, 6.45) is 0. The lowest BCUT2D eigenvalue weighted by Crippen LogP contribution is -2.62. The fourth-order valence-electron chi connectivity index (χ4n) is 5.33. The minimum absolute atomic E-state index is 0.273. The maximum atomic E-state index is 2.40. The highest BCUT2D eigenvalue weighted by atomic mass is 15.1. The van der Waals surface area contributed by atoms with Crippen LogP contribution in [0.15, 0.2) is 72.8 Å². The molecule has 0 saturated heterocycles. The van der Waals surface area contributed by atoms with Crippen molar-refractivity contribution in [3.05, 3.63) is 78.4 Å². The van der Waals surface area contributed by atoms with Crippen LogP contribution in [-0.4, -0.2) is 20.8 Å². The lowest BCUT2D eigenvalue weighted by atomic mass is 9.33. The Hall–Kier alpha value is -3.20. The Labute approximate surface area is 166 Å². The quantitative estimate of drug-likeness (QED) is 0.440. The molecule has 2 nitrogen and oxygen atoms in total. The van der Waals surface area contributed by atoms with E-state index in [1.54, 1.807) is 0 Å². The average Bonchev–Trinajstić information content (AvgIpc) is 2.73. The van der Waals surface area contributed by atoms with Gasteiger partial charge in [0.15, 0.2) is 0 Å². The minimum Gasteiger partial charge on any atom is -0.345 e. The van der Waals surface area contributed by atoms with Crippen LogP contribution >= 0.6 is 0 Å². The van der Waals surface area contributed by atoms with Gasteiger partial charge in [0.05, 0.1) is 0 Å². The van der Waals surface area contributed by atoms with Crippen molar-refractivity contribution >= 4 is 56.6 Å². The van der Waals surface area contributed by atoms with E-state index in [0.29, 0.717) is 0 Å². The third kappa shape index (κ3) is 1.84. The standard InChI is InChI=1S/C25H21BN2/c1-16-9-8-14-21-23(16)26-19-12-6-7-13-20(19)27(2)22-15-17-10-4-5-11-18(17)25(24(22)26)28(21)3/h4-15H,1-3H3. The Morgan fingerprint density at radius 1 is 0.679 bits per heavy atom. The highest BCUT2D eigenvalue weighted by Crippen LogP contribution is 2.40. The van der Waals surface area contributed by atoms with Gasteiger partial charge in [-0.2, -0.15) is 0 Å². The number of rotatable bonds is 0. The van der Waals surface area contributed by atoms with Gasteiger partial charge in [-0.3, -0.25) is 0 Å². The molecule has 6 rings (SSSR count). The van der Waals surface area contributed by atoms with Gasteiger partial charge < -0.3 is 9.80 Å². The summed E-state index contributed by atoms with van der Waals surface area (Å²) in [5.74, 6) is 0. The molecule has 0 aromatic heterocycles. The smallest absolute Gasteiger partial charge is 0.252 e. The van der Waals surface area contributed by atoms with E-state index in [1.807, 2.05) is 0 Å². The average molecular weight is 360 g/mol. The van der Waals surface area contributed by atoms with Crippen LogP contribution in [0.25, 0.3) is 10.8 Å². The van der Waals surface area contributed by atoms with E-state index in [4.69, 9.17) is 0 Å². The summed E-state index contributed by atoms with van der Waals surface area (Å²) in [5, 5.41) is 2.62.